The minimum atomic E-state index is -0.474. The second-order valence-electron chi connectivity index (χ2n) is 10.4. The number of anilines is 1. The van der Waals surface area contributed by atoms with Crippen molar-refractivity contribution in [3.05, 3.63) is 77.1 Å². The first-order valence-electron chi connectivity index (χ1n) is 13.0. The molecule has 0 unspecified atom stereocenters. The summed E-state index contributed by atoms with van der Waals surface area (Å²) in [6, 6.07) is 7.76. The van der Waals surface area contributed by atoms with E-state index in [9.17, 15) is 13.6 Å². The summed E-state index contributed by atoms with van der Waals surface area (Å²) in [7, 11) is 1.50. The Kier molecular flexibility index (Phi) is 8.95. The first-order valence-corrected chi connectivity index (χ1v) is 13.0. The van der Waals surface area contributed by atoms with Gasteiger partial charge in [0, 0.05) is 51.8 Å². The third-order valence-corrected chi connectivity index (χ3v) is 6.24. The highest BCUT2D eigenvalue weighted by Crippen LogP contribution is 2.38. The number of aromatic nitrogens is 2. The number of carbonyl (C=O) groups is 1. The Morgan fingerprint density at radius 3 is 2.36 bits per heavy atom. The maximum atomic E-state index is 14.8. The van der Waals surface area contributed by atoms with E-state index in [1.807, 2.05) is 53.7 Å². The lowest BCUT2D eigenvalue weighted by atomic mass is 9.93. The molecule has 2 heterocycles. The van der Waals surface area contributed by atoms with Crippen molar-refractivity contribution in [1.29, 1.82) is 0 Å². The number of pyridine rings is 1. The standard InChI is InChI=1S/C30H31F2N3O2.C2H6/c1-16-8-22(27(37-7)12-25(16)32)24-15-34-28-23(24)9-19(14-33-28)21-10-20(31)11-26(18(21)3)35-29(36)17(2)13-30(4,5)6;1-2/h8-15H,1-7H3,(H,33,34)(H,35,36);1-2H3/b17-13+;. The first-order chi connectivity index (χ1) is 18.4. The maximum Gasteiger partial charge on any atom is 0.251 e. The number of rotatable bonds is 5. The molecular weight excluding hydrogens is 496 g/mol. The number of hydrogen-bond acceptors (Lipinski definition) is 3. The zero-order valence-electron chi connectivity index (χ0n) is 24.1. The third-order valence-electron chi connectivity index (χ3n) is 6.24. The van der Waals surface area contributed by atoms with Crippen molar-refractivity contribution in [2.75, 3.05) is 12.4 Å². The molecule has 39 heavy (non-hydrogen) atoms. The number of nitrogens with zero attached hydrogens (tertiary/aromatic N) is 1. The lowest BCUT2D eigenvalue weighted by molar-refractivity contribution is -0.112. The van der Waals surface area contributed by atoms with Crippen molar-refractivity contribution in [2.45, 2.75) is 55.4 Å². The molecule has 7 heteroatoms. The Morgan fingerprint density at radius 1 is 1.03 bits per heavy atom. The summed E-state index contributed by atoms with van der Waals surface area (Å²) in [5, 5.41) is 3.63. The minimum Gasteiger partial charge on any atom is -0.496 e. The van der Waals surface area contributed by atoms with Crippen molar-refractivity contribution >= 4 is 22.6 Å². The molecule has 4 rings (SSSR count). The summed E-state index contributed by atoms with van der Waals surface area (Å²) in [6.45, 7) is 15.3. The number of H-pyrrole nitrogens is 1. The number of fused-ring (bicyclic) bond motifs is 1. The molecule has 1 amide bonds. The molecule has 2 N–H and O–H groups in total. The van der Waals surface area contributed by atoms with Crippen LogP contribution in [0.25, 0.3) is 33.3 Å². The Bertz CT molecular complexity index is 1550. The highest BCUT2D eigenvalue weighted by molar-refractivity contribution is 6.04. The van der Waals surface area contributed by atoms with E-state index in [1.54, 1.807) is 32.3 Å². The van der Waals surface area contributed by atoms with Gasteiger partial charge in [-0.3, -0.25) is 4.79 Å². The fourth-order valence-corrected chi connectivity index (χ4v) is 4.46. The van der Waals surface area contributed by atoms with Crippen LogP contribution in [0.1, 0.15) is 52.7 Å². The molecule has 2 aromatic heterocycles. The van der Waals surface area contributed by atoms with Gasteiger partial charge in [-0.25, -0.2) is 13.8 Å². The van der Waals surface area contributed by atoms with E-state index in [2.05, 4.69) is 15.3 Å². The molecule has 0 atom stereocenters. The summed E-state index contributed by atoms with van der Waals surface area (Å²) >= 11 is 0. The Balaban J connectivity index is 0.00000205. The van der Waals surface area contributed by atoms with Gasteiger partial charge in [-0.1, -0.05) is 40.7 Å². The SMILES string of the molecule is CC.COc1cc(F)c(C)cc1-c1c[nH]c2ncc(-c3cc(F)cc(NC(=O)/C(C)=C/C(C)(C)C)c3C)cc12. The first kappa shape index (κ1) is 29.6. The number of carbonyl (C=O) groups excluding carboxylic acids is 1. The summed E-state index contributed by atoms with van der Waals surface area (Å²) in [4.78, 5) is 20.5. The summed E-state index contributed by atoms with van der Waals surface area (Å²) < 4.78 is 34.3. The molecule has 4 aromatic rings. The number of halogens is 2. The molecule has 0 aliphatic carbocycles. The topological polar surface area (TPSA) is 67.0 Å². The smallest absolute Gasteiger partial charge is 0.251 e. The summed E-state index contributed by atoms with van der Waals surface area (Å²) in [6.07, 6.45) is 5.34. The summed E-state index contributed by atoms with van der Waals surface area (Å²) in [5.74, 6) is -0.703. The Labute approximate surface area is 229 Å². The quantitative estimate of drug-likeness (QED) is 0.252. The molecule has 0 fully saturated rings. The van der Waals surface area contributed by atoms with Gasteiger partial charge in [0.25, 0.3) is 5.91 Å². The van der Waals surface area contributed by atoms with Crippen molar-refractivity contribution in [1.82, 2.24) is 9.97 Å². The highest BCUT2D eigenvalue weighted by atomic mass is 19.1. The van der Waals surface area contributed by atoms with Crippen molar-refractivity contribution in [3.63, 3.8) is 0 Å². The van der Waals surface area contributed by atoms with Gasteiger partial charge >= 0.3 is 0 Å². The lowest BCUT2D eigenvalue weighted by Crippen LogP contribution is -2.16. The van der Waals surface area contributed by atoms with E-state index in [4.69, 9.17) is 4.74 Å². The van der Waals surface area contributed by atoms with Crippen LogP contribution < -0.4 is 10.1 Å². The number of methoxy groups -OCH3 is 1. The van der Waals surface area contributed by atoms with Crippen LogP contribution in [-0.2, 0) is 4.79 Å². The zero-order chi connectivity index (χ0) is 29.1. The molecule has 0 bridgehead atoms. The monoisotopic (exact) mass is 533 g/mol. The van der Waals surface area contributed by atoms with Gasteiger partial charge in [0.15, 0.2) is 0 Å². The molecule has 5 nitrogen and oxygen atoms in total. The molecule has 0 radical (unpaired) electrons. The van der Waals surface area contributed by atoms with Crippen LogP contribution in [0, 0.1) is 30.9 Å². The van der Waals surface area contributed by atoms with Crippen LogP contribution in [0.4, 0.5) is 14.5 Å². The molecule has 0 saturated heterocycles. The van der Waals surface area contributed by atoms with Crippen molar-refractivity contribution in [2.24, 2.45) is 5.41 Å². The van der Waals surface area contributed by atoms with Crippen molar-refractivity contribution in [3.8, 4) is 28.0 Å². The normalized spacial score (nSPS) is 11.7. The van der Waals surface area contributed by atoms with Crippen LogP contribution >= 0.6 is 0 Å². The van der Waals surface area contributed by atoms with E-state index < -0.39 is 5.82 Å². The average Bonchev–Trinajstić information content (AvgIpc) is 3.30. The number of allylic oxidation sites excluding steroid dienone is 1. The van der Waals surface area contributed by atoms with E-state index in [1.165, 1.54) is 25.3 Å². The van der Waals surface area contributed by atoms with E-state index in [0.29, 0.717) is 44.9 Å². The number of aromatic amines is 1. The molecule has 206 valence electrons. The van der Waals surface area contributed by atoms with Crippen LogP contribution in [0.5, 0.6) is 5.75 Å². The van der Waals surface area contributed by atoms with Gasteiger partial charge in [-0.15, -0.1) is 0 Å². The van der Waals surface area contributed by atoms with E-state index in [0.717, 1.165) is 16.5 Å². The van der Waals surface area contributed by atoms with Gasteiger partial charge in [0.1, 0.15) is 23.0 Å². The fourth-order valence-electron chi connectivity index (χ4n) is 4.46. The number of amides is 1. The minimum absolute atomic E-state index is 0.162. The molecule has 2 aromatic carbocycles. The van der Waals surface area contributed by atoms with E-state index >= 15 is 0 Å². The number of hydrogen-bond donors (Lipinski definition) is 2. The molecule has 0 aliphatic heterocycles. The van der Waals surface area contributed by atoms with Gasteiger partial charge in [-0.05, 0) is 67.1 Å². The van der Waals surface area contributed by atoms with Gasteiger partial charge in [0.05, 0.1) is 7.11 Å². The zero-order valence-corrected chi connectivity index (χ0v) is 24.1. The lowest BCUT2D eigenvalue weighted by Gasteiger charge is -2.16. The third kappa shape index (κ3) is 6.53. The molecule has 0 spiro atoms. The molecular formula is C32H37F2N3O2. The Morgan fingerprint density at radius 2 is 1.72 bits per heavy atom. The van der Waals surface area contributed by atoms with Crippen LogP contribution in [0.3, 0.4) is 0 Å². The maximum absolute atomic E-state index is 14.8. The molecule has 0 saturated carbocycles. The second-order valence-corrected chi connectivity index (χ2v) is 10.4. The number of nitrogens with one attached hydrogen (secondary N) is 2. The van der Waals surface area contributed by atoms with Crippen molar-refractivity contribution < 1.29 is 18.3 Å². The largest absolute Gasteiger partial charge is 0.496 e. The Hall–Kier alpha value is -4.00. The predicted molar refractivity (Wildman–Crippen MR) is 156 cm³/mol. The molecule has 0 aliphatic rings. The van der Waals surface area contributed by atoms with Gasteiger partial charge in [0.2, 0.25) is 0 Å². The average molecular weight is 534 g/mol. The highest BCUT2D eigenvalue weighted by Gasteiger charge is 2.18. The second kappa shape index (κ2) is 11.8. The fraction of sp³-hybridized carbons (Fsp3) is 0.312. The predicted octanol–water partition coefficient (Wildman–Crippen LogP) is 8.76. The van der Waals surface area contributed by atoms with Crippen LogP contribution in [-0.4, -0.2) is 23.0 Å². The number of benzene rings is 2. The number of aryl methyl sites for hydroxylation is 1. The summed E-state index contributed by atoms with van der Waals surface area (Å²) in [5.41, 5.74) is 5.42. The van der Waals surface area contributed by atoms with Gasteiger partial charge < -0.3 is 15.0 Å². The van der Waals surface area contributed by atoms with E-state index in [-0.39, 0.29) is 17.1 Å². The number of ether oxygens (including phenoxy) is 1. The van der Waals surface area contributed by atoms with Crippen LogP contribution in [0.2, 0.25) is 0 Å². The van der Waals surface area contributed by atoms with Crippen LogP contribution in [0.15, 0.2) is 54.4 Å². The van der Waals surface area contributed by atoms with Gasteiger partial charge in [-0.2, -0.15) is 0 Å².